The maximum atomic E-state index is 12.7. The molecule has 21 heavy (non-hydrogen) atoms. The lowest BCUT2D eigenvalue weighted by Crippen LogP contribution is -2.43. The van der Waals surface area contributed by atoms with Gasteiger partial charge in [0.1, 0.15) is 0 Å². The van der Waals surface area contributed by atoms with Crippen LogP contribution in [0.3, 0.4) is 0 Å². The van der Waals surface area contributed by atoms with Crippen molar-refractivity contribution in [2.45, 2.75) is 50.5 Å². The Morgan fingerprint density at radius 3 is 2.76 bits per heavy atom. The van der Waals surface area contributed by atoms with Crippen molar-refractivity contribution in [1.82, 2.24) is 0 Å². The second kappa shape index (κ2) is 5.98. The number of hydrogen-bond donors (Lipinski definition) is 1. The van der Waals surface area contributed by atoms with Crippen molar-refractivity contribution < 1.29 is 9.53 Å². The molecule has 4 heteroatoms. The first-order chi connectivity index (χ1) is 10.1. The minimum atomic E-state index is -0.0472. The number of halogens is 1. The van der Waals surface area contributed by atoms with E-state index in [1.54, 1.807) is 18.2 Å². The van der Waals surface area contributed by atoms with Crippen molar-refractivity contribution in [3.05, 3.63) is 28.8 Å². The minimum Gasteiger partial charge on any atom is -0.398 e. The number of carbonyl (C=O) groups excluding carboxylic acids is 1. The van der Waals surface area contributed by atoms with E-state index in [0.29, 0.717) is 22.9 Å². The topological polar surface area (TPSA) is 52.3 Å². The van der Waals surface area contributed by atoms with E-state index in [2.05, 4.69) is 0 Å². The Morgan fingerprint density at radius 2 is 2.05 bits per heavy atom. The second-order valence-corrected chi connectivity index (χ2v) is 6.79. The number of Topliss-reactive ketones (excluding diaryl/α,β-unsaturated/α-hetero) is 1. The van der Waals surface area contributed by atoms with Gasteiger partial charge in [0.15, 0.2) is 5.78 Å². The lowest BCUT2D eigenvalue weighted by atomic mass is 9.74. The van der Waals surface area contributed by atoms with Gasteiger partial charge >= 0.3 is 0 Å². The molecule has 0 amide bonds. The van der Waals surface area contributed by atoms with Crippen LogP contribution in [0.5, 0.6) is 0 Å². The third kappa shape index (κ3) is 3.09. The average molecular weight is 308 g/mol. The summed E-state index contributed by atoms with van der Waals surface area (Å²) in [5, 5.41) is 0.459. The van der Waals surface area contributed by atoms with Gasteiger partial charge < -0.3 is 10.5 Å². The second-order valence-electron chi connectivity index (χ2n) is 6.38. The van der Waals surface area contributed by atoms with Gasteiger partial charge in [0.05, 0.1) is 16.3 Å². The van der Waals surface area contributed by atoms with Crippen LogP contribution in [-0.4, -0.2) is 18.0 Å². The number of ketones is 1. The standard InChI is InChI=1S/C17H22ClNO2/c18-14-10-12(4-5-15(14)19)16(20)13-6-9-21-17(11-13)7-2-1-3-8-17/h4-5,10,13H,1-3,6-9,11,19H2. The van der Waals surface area contributed by atoms with E-state index < -0.39 is 0 Å². The molecule has 1 saturated heterocycles. The van der Waals surface area contributed by atoms with Crippen LogP contribution in [0.1, 0.15) is 55.3 Å². The van der Waals surface area contributed by atoms with E-state index in [1.165, 1.54) is 19.3 Å². The van der Waals surface area contributed by atoms with E-state index in [9.17, 15) is 4.79 Å². The summed E-state index contributed by atoms with van der Waals surface area (Å²) in [4.78, 5) is 12.7. The molecule has 3 nitrogen and oxygen atoms in total. The van der Waals surface area contributed by atoms with Gasteiger partial charge in [0.25, 0.3) is 0 Å². The van der Waals surface area contributed by atoms with Crippen molar-refractivity contribution in [3.63, 3.8) is 0 Å². The predicted octanol–water partition coefficient (Wildman–Crippen LogP) is 4.23. The molecule has 114 valence electrons. The molecule has 2 aliphatic rings. The molecule has 1 unspecified atom stereocenters. The van der Waals surface area contributed by atoms with Gasteiger partial charge in [-0.1, -0.05) is 30.9 Å². The van der Waals surface area contributed by atoms with Crippen LogP contribution in [0, 0.1) is 5.92 Å². The third-order valence-electron chi connectivity index (χ3n) is 4.91. The molecule has 3 rings (SSSR count). The van der Waals surface area contributed by atoms with Crippen LogP contribution in [0.25, 0.3) is 0 Å². The highest BCUT2D eigenvalue weighted by Gasteiger charge is 2.40. The number of carbonyl (C=O) groups is 1. The largest absolute Gasteiger partial charge is 0.398 e. The monoisotopic (exact) mass is 307 g/mol. The van der Waals surface area contributed by atoms with Crippen molar-refractivity contribution in [1.29, 1.82) is 0 Å². The number of ether oxygens (including phenoxy) is 1. The molecule has 1 heterocycles. The lowest BCUT2D eigenvalue weighted by Gasteiger charge is -2.43. The summed E-state index contributed by atoms with van der Waals surface area (Å²) in [5.74, 6) is 0.238. The molecule has 0 radical (unpaired) electrons. The summed E-state index contributed by atoms with van der Waals surface area (Å²) in [7, 11) is 0. The number of anilines is 1. The third-order valence-corrected chi connectivity index (χ3v) is 5.24. The van der Waals surface area contributed by atoms with Gasteiger partial charge in [-0.2, -0.15) is 0 Å². The van der Waals surface area contributed by atoms with Crippen LogP contribution < -0.4 is 5.73 Å². The van der Waals surface area contributed by atoms with Crippen LogP contribution in [0.4, 0.5) is 5.69 Å². The van der Waals surface area contributed by atoms with E-state index in [4.69, 9.17) is 22.1 Å². The van der Waals surface area contributed by atoms with Gasteiger partial charge in [-0.05, 0) is 43.9 Å². The molecular formula is C17H22ClNO2. The van der Waals surface area contributed by atoms with Crippen molar-refractivity contribution >= 4 is 23.1 Å². The number of hydrogen-bond acceptors (Lipinski definition) is 3. The van der Waals surface area contributed by atoms with Crippen molar-refractivity contribution in [2.24, 2.45) is 5.92 Å². The zero-order valence-electron chi connectivity index (χ0n) is 12.2. The Labute approximate surface area is 130 Å². The minimum absolute atomic E-state index is 0.0472. The van der Waals surface area contributed by atoms with E-state index >= 15 is 0 Å². The molecule has 0 bridgehead atoms. The highest BCUT2D eigenvalue weighted by molar-refractivity contribution is 6.33. The summed E-state index contributed by atoms with van der Waals surface area (Å²) in [6, 6.07) is 5.19. The molecule has 2 N–H and O–H groups in total. The Morgan fingerprint density at radius 1 is 1.29 bits per heavy atom. The zero-order chi connectivity index (χ0) is 14.9. The van der Waals surface area contributed by atoms with E-state index in [0.717, 1.165) is 25.7 Å². The fraction of sp³-hybridized carbons (Fsp3) is 0.588. The molecule has 1 atom stereocenters. The molecule has 1 spiro atoms. The van der Waals surface area contributed by atoms with E-state index in [-0.39, 0.29) is 17.3 Å². The molecule has 1 aliphatic heterocycles. The fourth-order valence-electron chi connectivity index (χ4n) is 3.71. The maximum Gasteiger partial charge on any atom is 0.166 e. The highest BCUT2D eigenvalue weighted by atomic mass is 35.5. The Kier molecular flexibility index (Phi) is 4.23. The van der Waals surface area contributed by atoms with Crippen LogP contribution in [0.15, 0.2) is 18.2 Å². The smallest absolute Gasteiger partial charge is 0.166 e. The Hall–Kier alpha value is -1.06. The first-order valence-corrected chi connectivity index (χ1v) is 8.21. The molecule has 0 aromatic heterocycles. The molecular weight excluding hydrogens is 286 g/mol. The highest BCUT2D eigenvalue weighted by Crippen LogP contribution is 2.41. The predicted molar refractivity (Wildman–Crippen MR) is 84.7 cm³/mol. The number of nitrogens with two attached hydrogens (primary N) is 1. The summed E-state index contributed by atoms with van der Waals surface area (Å²) in [6.45, 7) is 0.694. The lowest BCUT2D eigenvalue weighted by molar-refractivity contribution is -0.111. The van der Waals surface area contributed by atoms with Gasteiger partial charge in [-0.3, -0.25) is 4.79 Å². The van der Waals surface area contributed by atoms with E-state index in [1.807, 2.05) is 0 Å². The fourth-order valence-corrected chi connectivity index (χ4v) is 3.89. The zero-order valence-corrected chi connectivity index (χ0v) is 13.0. The molecule has 1 aromatic carbocycles. The van der Waals surface area contributed by atoms with Gasteiger partial charge in [0.2, 0.25) is 0 Å². The maximum absolute atomic E-state index is 12.7. The normalized spacial score (nSPS) is 24.9. The van der Waals surface area contributed by atoms with Crippen molar-refractivity contribution in [2.75, 3.05) is 12.3 Å². The first-order valence-electron chi connectivity index (χ1n) is 7.83. The SMILES string of the molecule is Nc1ccc(C(=O)C2CCOC3(CCCCC3)C2)cc1Cl. The van der Waals surface area contributed by atoms with Crippen LogP contribution in [-0.2, 0) is 4.74 Å². The summed E-state index contributed by atoms with van der Waals surface area (Å²) in [6.07, 6.45) is 7.58. The molecule has 1 aliphatic carbocycles. The quantitative estimate of drug-likeness (QED) is 0.657. The average Bonchev–Trinajstić information content (AvgIpc) is 2.50. The van der Waals surface area contributed by atoms with Crippen molar-refractivity contribution in [3.8, 4) is 0 Å². The Balaban J connectivity index is 1.76. The molecule has 1 aromatic rings. The van der Waals surface area contributed by atoms with Crippen LogP contribution >= 0.6 is 11.6 Å². The Bertz CT molecular complexity index is 532. The molecule has 1 saturated carbocycles. The van der Waals surface area contributed by atoms with Gasteiger partial charge in [0, 0.05) is 18.1 Å². The summed E-state index contributed by atoms with van der Waals surface area (Å²) < 4.78 is 6.07. The first kappa shape index (κ1) is 14.9. The van der Waals surface area contributed by atoms with Gasteiger partial charge in [-0.25, -0.2) is 0 Å². The van der Waals surface area contributed by atoms with Gasteiger partial charge in [-0.15, -0.1) is 0 Å². The van der Waals surface area contributed by atoms with Crippen LogP contribution in [0.2, 0.25) is 5.02 Å². The number of benzene rings is 1. The summed E-state index contributed by atoms with van der Waals surface area (Å²) >= 11 is 6.04. The molecule has 2 fully saturated rings. The number of rotatable bonds is 2. The number of nitrogen functional groups attached to an aromatic ring is 1. The summed E-state index contributed by atoms with van der Waals surface area (Å²) in [5.41, 5.74) is 6.86.